The van der Waals surface area contributed by atoms with Crippen LogP contribution in [0.15, 0.2) is 39.9 Å². The van der Waals surface area contributed by atoms with Gasteiger partial charge in [0, 0.05) is 5.56 Å². The van der Waals surface area contributed by atoms with Crippen LogP contribution in [0.1, 0.15) is 58.2 Å². The number of aryl methyl sites for hydroxylation is 1. The lowest BCUT2D eigenvalue weighted by atomic mass is 10.1. The summed E-state index contributed by atoms with van der Waals surface area (Å²) in [5, 5.41) is 12.7. The van der Waals surface area contributed by atoms with Crippen molar-refractivity contribution in [3.05, 3.63) is 56.0 Å². The third-order valence-corrected chi connectivity index (χ3v) is 6.40. The molecule has 0 saturated heterocycles. The third-order valence-electron chi connectivity index (χ3n) is 4.83. The van der Waals surface area contributed by atoms with E-state index in [-0.39, 0.29) is 23.5 Å². The molecular formula is C26H32BrN5O6S. The van der Waals surface area contributed by atoms with Crippen LogP contribution in [0.3, 0.4) is 0 Å². The van der Waals surface area contributed by atoms with Crippen LogP contribution >= 0.6 is 27.3 Å². The lowest BCUT2D eigenvalue weighted by molar-refractivity contribution is -0.155. The van der Waals surface area contributed by atoms with Gasteiger partial charge in [-0.2, -0.15) is 0 Å². The fourth-order valence-electron chi connectivity index (χ4n) is 3.28. The number of amides is 1. The second-order valence-electron chi connectivity index (χ2n) is 10.6. The van der Waals surface area contributed by atoms with Crippen LogP contribution in [0, 0.1) is 6.92 Å². The molecule has 210 valence electrons. The molecular weight excluding hydrogens is 590 g/mol. The Morgan fingerprint density at radius 3 is 2.26 bits per heavy atom. The van der Waals surface area contributed by atoms with Gasteiger partial charge in [-0.3, -0.25) is 14.2 Å². The van der Waals surface area contributed by atoms with Gasteiger partial charge in [0.05, 0.1) is 6.04 Å². The fraction of sp³-hybridized carbons (Fsp3) is 0.462. The van der Waals surface area contributed by atoms with Crippen LogP contribution in [0.25, 0.3) is 10.6 Å². The highest BCUT2D eigenvalue weighted by Crippen LogP contribution is 2.26. The first kappa shape index (κ1) is 30.2. The van der Waals surface area contributed by atoms with Crippen LogP contribution in [0.2, 0.25) is 0 Å². The Labute approximate surface area is 239 Å². The number of hydrogen-bond donors (Lipinski definition) is 1. The Balaban J connectivity index is 1.79. The summed E-state index contributed by atoms with van der Waals surface area (Å²) in [4.78, 5) is 41.7. The average Bonchev–Trinajstić information content (AvgIpc) is 3.24. The Morgan fingerprint density at radius 1 is 1.05 bits per heavy atom. The molecule has 2 aromatic heterocycles. The number of ether oxygens (including phenoxy) is 3. The molecule has 1 amide bonds. The number of alkyl carbamates (subject to hydrolysis) is 1. The van der Waals surface area contributed by atoms with Crippen LogP contribution in [0.4, 0.5) is 4.79 Å². The highest BCUT2D eigenvalue weighted by atomic mass is 79.9. The largest absolute Gasteiger partial charge is 0.474 e. The van der Waals surface area contributed by atoms with E-state index in [1.54, 1.807) is 41.5 Å². The number of hydrogen-bond acceptors (Lipinski definition) is 10. The molecule has 0 aliphatic heterocycles. The first-order valence-corrected chi connectivity index (χ1v) is 13.7. The summed E-state index contributed by atoms with van der Waals surface area (Å²) in [5.41, 5.74) is -0.268. The maximum absolute atomic E-state index is 12.8. The molecule has 11 nitrogen and oxygen atoms in total. The van der Waals surface area contributed by atoms with Crippen molar-refractivity contribution in [3.63, 3.8) is 0 Å². The van der Waals surface area contributed by atoms with Crippen molar-refractivity contribution < 1.29 is 23.8 Å². The summed E-state index contributed by atoms with van der Waals surface area (Å²) in [7, 11) is 0. The minimum absolute atomic E-state index is 0.0115. The van der Waals surface area contributed by atoms with Gasteiger partial charge in [0.15, 0.2) is 0 Å². The number of carbonyl (C=O) groups is 2. The quantitative estimate of drug-likeness (QED) is 0.351. The molecule has 2 heterocycles. The standard InChI is InChI=1S/C26H32BrN5O6S/c1-15-30-31-22(39-15)17-10-8-16(9-11-17)18(29-24(35)38-26(5,6)7)13-36-21-20(27)23(34)32(14-28-21)12-19(33)37-25(2,3)4/h8-11,14,18H,12-13H2,1-7H3,(H,29,35)/t18-/m0/s1. The van der Waals surface area contributed by atoms with Gasteiger partial charge in [-0.25, -0.2) is 9.78 Å². The number of nitrogens with one attached hydrogen (secondary N) is 1. The molecule has 13 heteroatoms. The molecule has 0 spiro atoms. The van der Waals surface area contributed by atoms with Gasteiger partial charge in [-0.05, 0) is 70.0 Å². The van der Waals surface area contributed by atoms with E-state index in [2.05, 4.69) is 36.4 Å². The molecule has 0 bridgehead atoms. The van der Waals surface area contributed by atoms with Gasteiger partial charge in [-0.15, -0.1) is 10.2 Å². The van der Waals surface area contributed by atoms with Gasteiger partial charge in [0.1, 0.15) is 45.2 Å². The van der Waals surface area contributed by atoms with Crippen molar-refractivity contribution >= 4 is 39.3 Å². The number of halogens is 1. The smallest absolute Gasteiger partial charge is 0.408 e. The van der Waals surface area contributed by atoms with E-state index in [1.807, 2.05) is 31.2 Å². The summed E-state index contributed by atoms with van der Waals surface area (Å²) >= 11 is 4.70. The average molecular weight is 623 g/mol. The lowest BCUT2D eigenvalue weighted by Gasteiger charge is -2.24. The Bertz CT molecular complexity index is 1380. The van der Waals surface area contributed by atoms with Gasteiger partial charge in [-0.1, -0.05) is 35.6 Å². The van der Waals surface area contributed by atoms with Crippen molar-refractivity contribution in [2.24, 2.45) is 0 Å². The first-order valence-electron chi connectivity index (χ1n) is 12.1. The van der Waals surface area contributed by atoms with E-state index in [1.165, 1.54) is 17.7 Å². The van der Waals surface area contributed by atoms with Crippen molar-refractivity contribution in [1.29, 1.82) is 0 Å². The SMILES string of the molecule is Cc1nnc(-c2ccc([C@H](COc3ncn(CC(=O)OC(C)(C)C)c(=O)c3Br)NC(=O)OC(C)(C)C)cc2)s1. The zero-order valence-corrected chi connectivity index (χ0v) is 25.3. The van der Waals surface area contributed by atoms with Crippen molar-refractivity contribution in [2.45, 2.75) is 72.3 Å². The summed E-state index contributed by atoms with van der Waals surface area (Å²) in [6, 6.07) is 6.82. The Morgan fingerprint density at radius 2 is 1.69 bits per heavy atom. The van der Waals surface area contributed by atoms with E-state index in [0.717, 1.165) is 25.7 Å². The molecule has 3 rings (SSSR count). The number of rotatable bonds is 8. The lowest BCUT2D eigenvalue weighted by Crippen LogP contribution is -2.37. The molecule has 0 aliphatic carbocycles. The second kappa shape index (κ2) is 12.2. The summed E-state index contributed by atoms with van der Waals surface area (Å²) in [5.74, 6) is -0.557. The first-order chi connectivity index (χ1) is 18.1. The van der Waals surface area contributed by atoms with Gasteiger partial charge < -0.3 is 19.5 Å². The zero-order valence-electron chi connectivity index (χ0n) is 22.9. The highest BCUT2D eigenvalue weighted by molar-refractivity contribution is 9.10. The third kappa shape index (κ3) is 9.13. The maximum atomic E-state index is 12.8. The second-order valence-corrected chi connectivity index (χ2v) is 12.6. The fourth-order valence-corrected chi connectivity index (χ4v) is 4.42. The van der Waals surface area contributed by atoms with E-state index in [9.17, 15) is 14.4 Å². The number of nitrogens with zero attached hydrogens (tertiary/aromatic N) is 4. The van der Waals surface area contributed by atoms with E-state index >= 15 is 0 Å². The van der Waals surface area contributed by atoms with Crippen LogP contribution < -0.4 is 15.6 Å². The monoisotopic (exact) mass is 621 g/mol. The molecule has 0 radical (unpaired) electrons. The molecule has 1 N–H and O–H groups in total. The minimum Gasteiger partial charge on any atom is -0.474 e. The summed E-state index contributed by atoms with van der Waals surface area (Å²) in [6.45, 7) is 12.1. The predicted molar refractivity (Wildman–Crippen MR) is 150 cm³/mol. The number of carbonyl (C=O) groups excluding carboxylic acids is 2. The molecule has 1 atom stereocenters. The zero-order chi connectivity index (χ0) is 29.0. The Kier molecular flexibility index (Phi) is 9.49. The number of aromatic nitrogens is 4. The van der Waals surface area contributed by atoms with E-state index < -0.39 is 34.9 Å². The van der Waals surface area contributed by atoms with Crippen LogP contribution in [-0.2, 0) is 20.8 Å². The van der Waals surface area contributed by atoms with Gasteiger partial charge in [0.2, 0.25) is 5.88 Å². The molecule has 0 saturated carbocycles. The molecule has 3 aromatic rings. The molecule has 1 aromatic carbocycles. The predicted octanol–water partition coefficient (Wildman–Crippen LogP) is 4.82. The van der Waals surface area contributed by atoms with Gasteiger partial charge in [0.25, 0.3) is 5.56 Å². The topological polar surface area (TPSA) is 135 Å². The van der Waals surface area contributed by atoms with Crippen molar-refractivity contribution in [2.75, 3.05) is 6.61 Å². The number of benzene rings is 1. The highest BCUT2D eigenvalue weighted by Gasteiger charge is 2.23. The molecule has 0 fully saturated rings. The summed E-state index contributed by atoms with van der Waals surface area (Å²) in [6.07, 6.45) is 0.585. The van der Waals surface area contributed by atoms with Gasteiger partial charge >= 0.3 is 12.1 Å². The van der Waals surface area contributed by atoms with Crippen molar-refractivity contribution in [3.8, 4) is 16.5 Å². The van der Waals surface area contributed by atoms with E-state index in [4.69, 9.17) is 14.2 Å². The minimum atomic E-state index is -0.696. The normalized spacial score (nSPS) is 12.5. The van der Waals surface area contributed by atoms with Crippen LogP contribution in [0.5, 0.6) is 5.88 Å². The molecule has 0 aliphatic rings. The summed E-state index contributed by atoms with van der Waals surface area (Å²) < 4.78 is 17.7. The Hall–Kier alpha value is -3.32. The molecule has 0 unspecified atom stereocenters. The maximum Gasteiger partial charge on any atom is 0.408 e. The van der Waals surface area contributed by atoms with Crippen molar-refractivity contribution in [1.82, 2.24) is 25.1 Å². The molecule has 39 heavy (non-hydrogen) atoms. The van der Waals surface area contributed by atoms with E-state index in [0.29, 0.717) is 0 Å². The number of esters is 1. The van der Waals surface area contributed by atoms with Crippen LogP contribution in [-0.4, -0.2) is 49.6 Å².